The van der Waals surface area contributed by atoms with E-state index in [4.69, 9.17) is 0 Å². The number of benzene rings is 1. The molecule has 1 aromatic carbocycles. The van der Waals surface area contributed by atoms with Gasteiger partial charge in [0.15, 0.2) is 0 Å². The third kappa shape index (κ3) is 5.04. The van der Waals surface area contributed by atoms with E-state index in [0.29, 0.717) is 18.0 Å². The van der Waals surface area contributed by atoms with Crippen molar-refractivity contribution in [2.24, 2.45) is 5.92 Å². The van der Waals surface area contributed by atoms with Gasteiger partial charge in [-0.15, -0.1) is 0 Å². The van der Waals surface area contributed by atoms with Crippen molar-refractivity contribution in [1.29, 1.82) is 0 Å². The lowest BCUT2D eigenvalue weighted by atomic mass is 9.88. The Morgan fingerprint density at radius 3 is 2.31 bits per heavy atom. The van der Waals surface area contributed by atoms with Gasteiger partial charge in [-0.1, -0.05) is 19.3 Å². The van der Waals surface area contributed by atoms with Crippen LogP contribution in [0.25, 0.3) is 0 Å². The van der Waals surface area contributed by atoms with Gasteiger partial charge in [0, 0.05) is 50.7 Å². The quantitative estimate of drug-likeness (QED) is 0.875. The van der Waals surface area contributed by atoms with Crippen LogP contribution in [0.4, 0.5) is 4.39 Å². The summed E-state index contributed by atoms with van der Waals surface area (Å²) in [5.74, 6) is 0.0533. The molecule has 6 heteroatoms. The molecule has 5 nitrogen and oxygen atoms in total. The van der Waals surface area contributed by atoms with Gasteiger partial charge in [-0.05, 0) is 37.1 Å². The highest BCUT2D eigenvalue weighted by Crippen LogP contribution is 2.25. The molecular formula is C20H28FN3O2. The minimum atomic E-state index is -0.345. The molecule has 1 heterocycles. The molecule has 2 fully saturated rings. The highest BCUT2D eigenvalue weighted by Gasteiger charge is 2.28. The number of hydrogen-bond donors (Lipinski definition) is 1. The molecule has 0 atom stereocenters. The first-order valence-electron chi connectivity index (χ1n) is 9.68. The van der Waals surface area contributed by atoms with Gasteiger partial charge in [0.1, 0.15) is 5.82 Å². The van der Waals surface area contributed by atoms with Crippen LogP contribution in [0, 0.1) is 11.7 Å². The maximum absolute atomic E-state index is 12.9. The Kier molecular flexibility index (Phi) is 6.61. The predicted octanol–water partition coefficient (Wildman–Crippen LogP) is 2.28. The monoisotopic (exact) mass is 361 g/mol. The minimum absolute atomic E-state index is 0.184. The molecule has 3 rings (SSSR count). The molecule has 0 spiro atoms. The molecule has 142 valence electrons. The second kappa shape index (κ2) is 9.12. The Morgan fingerprint density at radius 2 is 1.65 bits per heavy atom. The zero-order valence-corrected chi connectivity index (χ0v) is 15.3. The van der Waals surface area contributed by atoms with Crippen LogP contribution in [-0.4, -0.2) is 60.9 Å². The molecule has 1 saturated carbocycles. The van der Waals surface area contributed by atoms with Gasteiger partial charge in [-0.2, -0.15) is 0 Å². The summed E-state index contributed by atoms with van der Waals surface area (Å²) >= 11 is 0. The van der Waals surface area contributed by atoms with Gasteiger partial charge in [0.2, 0.25) is 5.91 Å². The number of piperazine rings is 1. The SMILES string of the molecule is O=C(NCCN1CCN(C(=O)C2CCCCC2)CC1)c1ccc(F)cc1. The second-order valence-electron chi connectivity index (χ2n) is 7.26. The van der Waals surface area contributed by atoms with Crippen molar-refractivity contribution in [3.8, 4) is 0 Å². The lowest BCUT2D eigenvalue weighted by molar-refractivity contribution is -0.138. The molecule has 0 bridgehead atoms. The van der Waals surface area contributed by atoms with Crippen LogP contribution < -0.4 is 5.32 Å². The molecular weight excluding hydrogens is 333 g/mol. The molecule has 2 amide bonds. The third-order valence-electron chi connectivity index (χ3n) is 5.46. The van der Waals surface area contributed by atoms with Crippen molar-refractivity contribution in [3.05, 3.63) is 35.6 Å². The van der Waals surface area contributed by atoms with Crippen LogP contribution in [0.2, 0.25) is 0 Å². The van der Waals surface area contributed by atoms with E-state index < -0.39 is 0 Å². The number of halogens is 1. The normalized spacial score (nSPS) is 19.3. The summed E-state index contributed by atoms with van der Waals surface area (Å²) in [6.45, 7) is 4.57. The van der Waals surface area contributed by atoms with Crippen molar-refractivity contribution in [2.45, 2.75) is 32.1 Å². The molecule has 1 aliphatic heterocycles. The molecule has 1 N–H and O–H groups in total. The molecule has 0 unspecified atom stereocenters. The maximum Gasteiger partial charge on any atom is 0.251 e. The first-order chi connectivity index (χ1) is 12.6. The average Bonchev–Trinajstić information content (AvgIpc) is 2.69. The topological polar surface area (TPSA) is 52.7 Å². The molecule has 1 saturated heterocycles. The first kappa shape index (κ1) is 18.8. The second-order valence-corrected chi connectivity index (χ2v) is 7.26. The summed E-state index contributed by atoms with van der Waals surface area (Å²) in [7, 11) is 0. The van der Waals surface area contributed by atoms with Crippen LogP contribution in [-0.2, 0) is 4.79 Å². The fourth-order valence-electron chi connectivity index (χ4n) is 3.83. The van der Waals surface area contributed by atoms with Gasteiger partial charge < -0.3 is 10.2 Å². The summed E-state index contributed by atoms with van der Waals surface area (Å²) in [6, 6.07) is 5.55. The Labute approximate surface area is 154 Å². The Bertz CT molecular complexity index is 606. The summed E-state index contributed by atoms with van der Waals surface area (Å²) in [6.07, 6.45) is 5.73. The average molecular weight is 361 g/mol. The van der Waals surface area contributed by atoms with E-state index >= 15 is 0 Å². The highest BCUT2D eigenvalue weighted by molar-refractivity contribution is 5.94. The van der Waals surface area contributed by atoms with Crippen molar-refractivity contribution in [2.75, 3.05) is 39.3 Å². The first-order valence-corrected chi connectivity index (χ1v) is 9.68. The van der Waals surface area contributed by atoms with Gasteiger partial charge in [-0.3, -0.25) is 14.5 Å². The van der Waals surface area contributed by atoms with Crippen LogP contribution >= 0.6 is 0 Å². The number of rotatable bonds is 5. The zero-order valence-electron chi connectivity index (χ0n) is 15.3. The molecule has 0 aromatic heterocycles. The van der Waals surface area contributed by atoms with E-state index in [2.05, 4.69) is 10.2 Å². The molecule has 0 radical (unpaired) electrons. The fraction of sp³-hybridized carbons (Fsp3) is 0.600. The number of amides is 2. The van der Waals surface area contributed by atoms with Crippen LogP contribution in [0.5, 0.6) is 0 Å². The zero-order chi connectivity index (χ0) is 18.4. The van der Waals surface area contributed by atoms with E-state index in [1.54, 1.807) is 0 Å². The van der Waals surface area contributed by atoms with E-state index in [-0.39, 0.29) is 17.6 Å². The van der Waals surface area contributed by atoms with E-state index in [9.17, 15) is 14.0 Å². The Morgan fingerprint density at radius 1 is 1.00 bits per heavy atom. The third-order valence-corrected chi connectivity index (χ3v) is 5.46. The van der Waals surface area contributed by atoms with Crippen LogP contribution in [0.1, 0.15) is 42.5 Å². The van der Waals surface area contributed by atoms with E-state index in [1.807, 2.05) is 4.90 Å². The lowest BCUT2D eigenvalue weighted by Gasteiger charge is -2.37. The van der Waals surface area contributed by atoms with Crippen molar-refractivity contribution in [3.63, 3.8) is 0 Å². The van der Waals surface area contributed by atoms with Crippen molar-refractivity contribution in [1.82, 2.24) is 15.1 Å². The van der Waals surface area contributed by atoms with Crippen molar-refractivity contribution >= 4 is 11.8 Å². The Balaban J connectivity index is 1.35. The standard InChI is InChI=1S/C20H28FN3O2/c21-18-8-6-16(7-9-18)19(25)22-10-11-23-12-14-24(15-13-23)20(26)17-4-2-1-3-5-17/h6-9,17H,1-5,10-15H2,(H,22,25). The summed E-state index contributed by atoms with van der Waals surface area (Å²) < 4.78 is 12.9. The fourth-order valence-corrected chi connectivity index (χ4v) is 3.83. The predicted molar refractivity (Wildman–Crippen MR) is 98.3 cm³/mol. The lowest BCUT2D eigenvalue weighted by Crippen LogP contribution is -2.51. The van der Waals surface area contributed by atoms with Crippen molar-refractivity contribution < 1.29 is 14.0 Å². The minimum Gasteiger partial charge on any atom is -0.351 e. The smallest absolute Gasteiger partial charge is 0.251 e. The number of nitrogens with one attached hydrogen (secondary N) is 1. The summed E-state index contributed by atoms with van der Waals surface area (Å²) in [5.41, 5.74) is 0.467. The van der Waals surface area contributed by atoms with Gasteiger partial charge in [0.25, 0.3) is 5.91 Å². The molecule has 26 heavy (non-hydrogen) atoms. The molecule has 1 aromatic rings. The van der Waals surface area contributed by atoms with Gasteiger partial charge in [-0.25, -0.2) is 4.39 Å². The number of hydrogen-bond acceptors (Lipinski definition) is 3. The van der Waals surface area contributed by atoms with Crippen LogP contribution in [0.3, 0.4) is 0 Å². The van der Waals surface area contributed by atoms with Crippen LogP contribution in [0.15, 0.2) is 24.3 Å². The van der Waals surface area contributed by atoms with Gasteiger partial charge in [0.05, 0.1) is 0 Å². The largest absolute Gasteiger partial charge is 0.351 e. The highest BCUT2D eigenvalue weighted by atomic mass is 19.1. The summed E-state index contributed by atoms with van der Waals surface area (Å²) in [5, 5.41) is 2.87. The molecule has 1 aliphatic carbocycles. The maximum atomic E-state index is 12.9. The number of nitrogens with zero attached hydrogens (tertiary/aromatic N) is 2. The van der Waals surface area contributed by atoms with E-state index in [0.717, 1.165) is 45.6 Å². The Hall–Kier alpha value is -1.95. The number of carbonyl (C=O) groups is 2. The molecule has 2 aliphatic rings. The number of carbonyl (C=O) groups excluding carboxylic acids is 2. The van der Waals surface area contributed by atoms with E-state index in [1.165, 1.54) is 43.5 Å². The summed E-state index contributed by atoms with van der Waals surface area (Å²) in [4.78, 5) is 28.9. The van der Waals surface area contributed by atoms with Gasteiger partial charge >= 0.3 is 0 Å².